The Balaban J connectivity index is 3.84. The van der Waals surface area contributed by atoms with Crippen molar-refractivity contribution in [1.82, 2.24) is 0 Å². The number of hydrogen-bond donors (Lipinski definition) is 2. The molecule has 0 aliphatic rings. The lowest BCUT2D eigenvalue weighted by atomic mass is 9.81. The van der Waals surface area contributed by atoms with Crippen molar-refractivity contribution >= 4 is 5.97 Å². The number of carbonyl (C=O) groups excluding carboxylic acids is 1. The Morgan fingerprint density at radius 3 is 2.38 bits per heavy atom. The van der Waals surface area contributed by atoms with Crippen molar-refractivity contribution in [3.05, 3.63) is 0 Å². The highest BCUT2D eigenvalue weighted by Gasteiger charge is 2.21. The number of aliphatic hydroxyl groups excluding tert-OH is 2. The van der Waals surface area contributed by atoms with Gasteiger partial charge in [-0.05, 0) is 24.2 Å². The summed E-state index contributed by atoms with van der Waals surface area (Å²) in [4.78, 5) is 11.0. The molecule has 0 bridgehead atoms. The van der Waals surface area contributed by atoms with E-state index in [9.17, 15) is 4.79 Å². The highest BCUT2D eigenvalue weighted by Crippen LogP contribution is 2.28. The molecule has 2 N–H and O–H groups in total. The maximum atomic E-state index is 11.0. The Hall–Kier alpha value is -0.610. The summed E-state index contributed by atoms with van der Waals surface area (Å²) in [6.07, 6.45) is 0.413. The normalized spacial score (nSPS) is 13.9. The van der Waals surface area contributed by atoms with E-state index in [1.54, 1.807) is 0 Å². The van der Waals surface area contributed by atoms with Crippen LogP contribution in [-0.2, 0) is 9.53 Å². The maximum absolute atomic E-state index is 11.0. The van der Waals surface area contributed by atoms with Crippen molar-refractivity contribution in [2.24, 2.45) is 11.3 Å². The molecule has 4 nitrogen and oxygen atoms in total. The monoisotopic (exact) mass is 232 g/mol. The molecule has 0 aromatic carbocycles. The van der Waals surface area contributed by atoms with Crippen LogP contribution in [0.25, 0.3) is 0 Å². The van der Waals surface area contributed by atoms with Crippen molar-refractivity contribution in [2.45, 2.75) is 46.6 Å². The fraction of sp³-hybridized carbons (Fsp3) is 0.917. The van der Waals surface area contributed by atoms with Gasteiger partial charge in [-0.15, -0.1) is 0 Å². The van der Waals surface area contributed by atoms with Crippen LogP contribution in [0.1, 0.15) is 40.5 Å². The fourth-order valence-corrected chi connectivity index (χ4v) is 1.81. The predicted molar refractivity (Wildman–Crippen MR) is 61.9 cm³/mol. The summed E-state index contributed by atoms with van der Waals surface area (Å²) in [5, 5.41) is 17.5. The molecule has 1 atom stereocenters. The summed E-state index contributed by atoms with van der Waals surface area (Å²) >= 11 is 0. The third kappa shape index (κ3) is 6.80. The smallest absolute Gasteiger partial charge is 0.337 e. The van der Waals surface area contributed by atoms with Gasteiger partial charge in [-0.25, -0.2) is 4.79 Å². The molecule has 1 unspecified atom stereocenters. The lowest BCUT2D eigenvalue weighted by molar-refractivity contribution is -0.156. The van der Waals surface area contributed by atoms with Gasteiger partial charge in [0.05, 0.1) is 13.2 Å². The van der Waals surface area contributed by atoms with E-state index in [-0.39, 0.29) is 12.0 Å². The third-order valence-corrected chi connectivity index (χ3v) is 2.43. The Labute approximate surface area is 97.6 Å². The predicted octanol–water partition coefficient (Wildman–Crippen LogP) is 1.35. The number of carbonyl (C=O) groups is 1. The number of esters is 1. The summed E-state index contributed by atoms with van der Waals surface area (Å²) < 4.78 is 4.86. The fourth-order valence-electron chi connectivity index (χ4n) is 1.81. The van der Waals surface area contributed by atoms with Crippen LogP contribution in [0.2, 0.25) is 0 Å². The molecule has 0 spiro atoms. The molecular formula is C12H24O4. The number of hydrogen-bond acceptors (Lipinski definition) is 4. The van der Waals surface area contributed by atoms with E-state index in [1.807, 2.05) is 0 Å². The van der Waals surface area contributed by atoms with Crippen molar-refractivity contribution in [2.75, 3.05) is 13.2 Å². The SMILES string of the molecule is CC(C)CC(C)(C)CCOC(=O)C(O)CO. The molecule has 0 aliphatic heterocycles. The average molecular weight is 232 g/mol. The van der Waals surface area contributed by atoms with Gasteiger partial charge in [-0.2, -0.15) is 0 Å². The largest absolute Gasteiger partial charge is 0.464 e. The van der Waals surface area contributed by atoms with Crippen LogP contribution in [0.5, 0.6) is 0 Å². The van der Waals surface area contributed by atoms with Gasteiger partial charge >= 0.3 is 5.97 Å². The number of ether oxygens (including phenoxy) is 1. The molecule has 0 aromatic heterocycles. The topological polar surface area (TPSA) is 66.8 Å². The first kappa shape index (κ1) is 15.4. The zero-order valence-electron chi connectivity index (χ0n) is 10.7. The Bertz CT molecular complexity index is 211. The van der Waals surface area contributed by atoms with Crippen LogP contribution in [-0.4, -0.2) is 35.5 Å². The molecule has 0 saturated heterocycles. The Morgan fingerprint density at radius 1 is 1.38 bits per heavy atom. The van der Waals surface area contributed by atoms with Crippen LogP contribution in [0.4, 0.5) is 0 Å². The minimum absolute atomic E-state index is 0.124. The molecular weight excluding hydrogens is 208 g/mol. The second-order valence-electron chi connectivity index (χ2n) is 5.38. The van der Waals surface area contributed by atoms with E-state index in [1.165, 1.54) is 0 Å². The molecule has 0 rings (SSSR count). The number of rotatable bonds is 7. The summed E-state index contributed by atoms with van der Waals surface area (Å²) in [6, 6.07) is 0. The van der Waals surface area contributed by atoms with E-state index >= 15 is 0 Å². The first-order valence-electron chi connectivity index (χ1n) is 5.74. The van der Waals surface area contributed by atoms with Crippen LogP contribution in [0.15, 0.2) is 0 Å². The van der Waals surface area contributed by atoms with Crippen LogP contribution < -0.4 is 0 Å². The maximum Gasteiger partial charge on any atom is 0.337 e. The molecule has 16 heavy (non-hydrogen) atoms. The molecule has 0 saturated carbocycles. The zero-order valence-corrected chi connectivity index (χ0v) is 10.7. The lowest BCUT2D eigenvalue weighted by Gasteiger charge is -2.26. The second-order valence-corrected chi connectivity index (χ2v) is 5.38. The van der Waals surface area contributed by atoms with Crippen molar-refractivity contribution in [1.29, 1.82) is 0 Å². The molecule has 4 heteroatoms. The molecule has 0 amide bonds. The van der Waals surface area contributed by atoms with Crippen LogP contribution in [0.3, 0.4) is 0 Å². The number of aliphatic hydroxyl groups is 2. The first-order valence-corrected chi connectivity index (χ1v) is 5.74. The lowest BCUT2D eigenvalue weighted by Crippen LogP contribution is -2.28. The highest BCUT2D eigenvalue weighted by atomic mass is 16.5. The van der Waals surface area contributed by atoms with Crippen molar-refractivity contribution < 1.29 is 19.7 Å². The zero-order chi connectivity index (χ0) is 12.8. The quantitative estimate of drug-likeness (QED) is 0.650. The van der Waals surface area contributed by atoms with E-state index in [0.717, 1.165) is 12.8 Å². The summed E-state index contributed by atoms with van der Waals surface area (Å²) in [5.41, 5.74) is 0.124. The standard InChI is InChI=1S/C12H24O4/c1-9(2)7-12(3,4)5-6-16-11(15)10(14)8-13/h9-10,13-14H,5-8H2,1-4H3. The van der Waals surface area contributed by atoms with Gasteiger partial charge in [0.25, 0.3) is 0 Å². The minimum atomic E-state index is -1.41. The highest BCUT2D eigenvalue weighted by molar-refractivity contribution is 5.74. The van der Waals surface area contributed by atoms with Gasteiger partial charge in [0, 0.05) is 0 Å². The molecule has 0 aromatic rings. The van der Waals surface area contributed by atoms with Gasteiger partial charge in [0.2, 0.25) is 0 Å². The van der Waals surface area contributed by atoms with Crippen molar-refractivity contribution in [3.63, 3.8) is 0 Å². The molecule has 0 heterocycles. The first-order chi connectivity index (χ1) is 7.28. The molecule has 96 valence electrons. The molecule has 0 aliphatic carbocycles. The van der Waals surface area contributed by atoms with Gasteiger partial charge in [-0.3, -0.25) is 0 Å². The summed E-state index contributed by atoms with van der Waals surface area (Å²) in [7, 11) is 0. The molecule has 0 fully saturated rings. The van der Waals surface area contributed by atoms with Crippen LogP contribution >= 0.6 is 0 Å². The average Bonchev–Trinajstić information content (AvgIpc) is 2.13. The Kier molecular flexibility index (Phi) is 6.60. The van der Waals surface area contributed by atoms with E-state index in [0.29, 0.717) is 5.92 Å². The van der Waals surface area contributed by atoms with Gasteiger partial charge < -0.3 is 14.9 Å². The third-order valence-electron chi connectivity index (χ3n) is 2.43. The van der Waals surface area contributed by atoms with E-state index in [4.69, 9.17) is 14.9 Å². The summed E-state index contributed by atoms with van der Waals surface area (Å²) in [6.45, 7) is 8.27. The van der Waals surface area contributed by atoms with Crippen molar-refractivity contribution in [3.8, 4) is 0 Å². The van der Waals surface area contributed by atoms with E-state index < -0.39 is 18.7 Å². The van der Waals surface area contributed by atoms with E-state index in [2.05, 4.69) is 27.7 Å². The van der Waals surface area contributed by atoms with Gasteiger partial charge in [0.15, 0.2) is 6.10 Å². The minimum Gasteiger partial charge on any atom is -0.464 e. The molecule has 0 radical (unpaired) electrons. The Morgan fingerprint density at radius 2 is 1.94 bits per heavy atom. The van der Waals surface area contributed by atoms with Crippen LogP contribution in [0, 0.1) is 11.3 Å². The second kappa shape index (κ2) is 6.86. The summed E-state index contributed by atoms with van der Waals surface area (Å²) in [5.74, 6) is -0.142. The van der Waals surface area contributed by atoms with Gasteiger partial charge in [-0.1, -0.05) is 27.7 Å². The van der Waals surface area contributed by atoms with Gasteiger partial charge in [0.1, 0.15) is 0 Å².